The predicted octanol–water partition coefficient (Wildman–Crippen LogP) is 3.11. The van der Waals surface area contributed by atoms with Gasteiger partial charge in [0, 0.05) is 13.1 Å². The number of nitrogens with zero attached hydrogens (tertiary/aromatic N) is 1. The summed E-state index contributed by atoms with van der Waals surface area (Å²) in [5.41, 5.74) is 0.0440. The molecular weight excluding hydrogens is 434 g/mol. The number of esters is 1. The number of rotatable bonds is 10. The van der Waals surface area contributed by atoms with Crippen molar-refractivity contribution in [3.05, 3.63) is 54.1 Å². The number of alkyl halides is 2. The van der Waals surface area contributed by atoms with Gasteiger partial charge >= 0.3 is 12.6 Å². The van der Waals surface area contributed by atoms with Crippen molar-refractivity contribution in [1.29, 1.82) is 0 Å². The molecule has 8 nitrogen and oxygen atoms in total. The van der Waals surface area contributed by atoms with E-state index in [-0.39, 0.29) is 21.9 Å². The molecule has 11 heteroatoms. The maximum Gasteiger partial charge on any atom is 0.387 e. The van der Waals surface area contributed by atoms with Crippen molar-refractivity contribution in [2.45, 2.75) is 25.4 Å². The minimum atomic E-state index is -3.66. The lowest BCUT2D eigenvalue weighted by atomic mass is 10.2. The summed E-state index contributed by atoms with van der Waals surface area (Å²) < 4.78 is 60.2. The maximum absolute atomic E-state index is 12.5. The molecule has 0 saturated carbocycles. The first-order chi connectivity index (χ1) is 14.7. The van der Waals surface area contributed by atoms with Gasteiger partial charge in [-0.2, -0.15) is 13.1 Å². The summed E-state index contributed by atoms with van der Waals surface area (Å²) in [6.45, 7) is 0.309. The molecule has 1 amide bonds. The second-order valence-electron chi connectivity index (χ2n) is 6.11. The monoisotopic (exact) mass is 456 g/mol. The van der Waals surface area contributed by atoms with Gasteiger partial charge in [-0.1, -0.05) is 26.0 Å². The fourth-order valence-electron chi connectivity index (χ4n) is 2.64. The largest absolute Gasteiger partial charge is 0.452 e. The lowest BCUT2D eigenvalue weighted by Crippen LogP contribution is -2.30. The Bertz CT molecular complexity index is 1010. The predicted molar refractivity (Wildman–Crippen MR) is 109 cm³/mol. The molecule has 0 atom stereocenters. The third kappa shape index (κ3) is 6.46. The van der Waals surface area contributed by atoms with Crippen LogP contribution in [0.1, 0.15) is 24.2 Å². The molecule has 0 spiro atoms. The summed E-state index contributed by atoms with van der Waals surface area (Å²) in [6.07, 6.45) is 0. The number of hydrogen-bond donors (Lipinski definition) is 1. The van der Waals surface area contributed by atoms with Crippen molar-refractivity contribution < 1.29 is 36.3 Å². The van der Waals surface area contributed by atoms with Crippen molar-refractivity contribution >= 4 is 27.6 Å². The Morgan fingerprint density at radius 3 is 2.23 bits per heavy atom. The van der Waals surface area contributed by atoms with Gasteiger partial charge in [0.2, 0.25) is 10.0 Å². The zero-order valence-electron chi connectivity index (χ0n) is 16.9. The first-order valence-electron chi connectivity index (χ1n) is 9.30. The second kappa shape index (κ2) is 10.8. The van der Waals surface area contributed by atoms with Crippen molar-refractivity contribution in [3.63, 3.8) is 0 Å². The van der Waals surface area contributed by atoms with Gasteiger partial charge in [-0.25, -0.2) is 13.2 Å². The molecule has 1 N–H and O–H groups in total. The highest BCUT2D eigenvalue weighted by Gasteiger charge is 2.22. The molecule has 2 aromatic carbocycles. The minimum absolute atomic E-state index is 0.00480. The minimum Gasteiger partial charge on any atom is -0.452 e. The number of anilines is 1. The van der Waals surface area contributed by atoms with Gasteiger partial charge < -0.3 is 14.8 Å². The molecule has 0 unspecified atom stereocenters. The van der Waals surface area contributed by atoms with Crippen LogP contribution < -0.4 is 10.1 Å². The zero-order chi connectivity index (χ0) is 23.0. The van der Waals surface area contributed by atoms with E-state index in [9.17, 15) is 26.8 Å². The van der Waals surface area contributed by atoms with E-state index in [1.54, 1.807) is 13.8 Å². The van der Waals surface area contributed by atoms with E-state index in [0.717, 1.165) is 0 Å². The number of carbonyl (C=O) groups excluding carboxylic acids is 2. The Labute approximate surface area is 178 Å². The van der Waals surface area contributed by atoms with Gasteiger partial charge in [-0.05, 0) is 36.4 Å². The van der Waals surface area contributed by atoms with Crippen LogP contribution in [0.4, 0.5) is 14.5 Å². The van der Waals surface area contributed by atoms with Gasteiger partial charge in [-0.15, -0.1) is 0 Å². The average Bonchev–Trinajstić information content (AvgIpc) is 2.74. The molecule has 0 bridgehead atoms. The third-order valence-corrected chi connectivity index (χ3v) is 6.21. The second-order valence-corrected chi connectivity index (χ2v) is 8.05. The fourth-order valence-corrected chi connectivity index (χ4v) is 4.10. The molecule has 0 heterocycles. The standard InChI is InChI=1S/C20H22F2N2O6S/c1-3-24(4-2)31(27,28)15-11-9-14(10-12-15)19(26)29-13-18(25)23-16-7-5-6-8-17(16)30-20(21)22/h5-12,20H,3-4,13H2,1-2H3,(H,23,25). The summed E-state index contributed by atoms with van der Waals surface area (Å²) in [4.78, 5) is 24.2. The molecule has 0 fully saturated rings. The summed E-state index contributed by atoms with van der Waals surface area (Å²) in [6, 6.07) is 10.7. The molecule has 0 radical (unpaired) electrons. The molecule has 0 saturated heterocycles. The lowest BCUT2D eigenvalue weighted by Gasteiger charge is -2.18. The molecule has 2 rings (SSSR count). The van der Waals surface area contributed by atoms with E-state index in [2.05, 4.69) is 10.1 Å². The number of hydrogen-bond acceptors (Lipinski definition) is 6. The van der Waals surface area contributed by atoms with Gasteiger partial charge in [-0.3, -0.25) is 4.79 Å². The third-order valence-electron chi connectivity index (χ3n) is 4.14. The van der Waals surface area contributed by atoms with Crippen LogP contribution in [0.5, 0.6) is 5.75 Å². The first kappa shape index (κ1) is 24.2. The van der Waals surface area contributed by atoms with Crippen LogP contribution in [-0.2, 0) is 19.6 Å². The smallest absolute Gasteiger partial charge is 0.387 e. The lowest BCUT2D eigenvalue weighted by molar-refractivity contribution is -0.119. The van der Waals surface area contributed by atoms with Crippen molar-refractivity contribution in [2.75, 3.05) is 25.0 Å². The number of ether oxygens (including phenoxy) is 2. The van der Waals surface area contributed by atoms with Crippen molar-refractivity contribution in [2.24, 2.45) is 0 Å². The zero-order valence-corrected chi connectivity index (χ0v) is 17.7. The molecular formula is C20H22F2N2O6S. The summed E-state index contributed by atoms with van der Waals surface area (Å²) in [5, 5.41) is 2.32. The Balaban J connectivity index is 1.98. The molecule has 31 heavy (non-hydrogen) atoms. The molecule has 0 aliphatic rings. The molecule has 0 aliphatic carbocycles. The maximum atomic E-state index is 12.5. The van der Waals surface area contributed by atoms with Crippen LogP contribution in [0.15, 0.2) is 53.4 Å². The van der Waals surface area contributed by atoms with Crippen LogP contribution in [-0.4, -0.2) is 50.9 Å². The first-order valence-corrected chi connectivity index (χ1v) is 10.7. The Morgan fingerprint density at radius 1 is 1.03 bits per heavy atom. The number of para-hydroxylation sites is 2. The van der Waals surface area contributed by atoms with Crippen LogP contribution in [0.25, 0.3) is 0 Å². The van der Waals surface area contributed by atoms with Gasteiger partial charge in [0.05, 0.1) is 16.1 Å². The highest BCUT2D eigenvalue weighted by molar-refractivity contribution is 7.89. The normalized spacial score (nSPS) is 11.4. The van der Waals surface area contributed by atoms with Gasteiger partial charge in [0.1, 0.15) is 5.75 Å². The molecule has 0 aliphatic heterocycles. The Hall–Kier alpha value is -3.05. The van der Waals surface area contributed by atoms with E-state index < -0.39 is 35.1 Å². The van der Waals surface area contributed by atoms with Crippen molar-refractivity contribution in [3.8, 4) is 5.75 Å². The Morgan fingerprint density at radius 2 is 1.65 bits per heavy atom. The summed E-state index contributed by atoms with van der Waals surface area (Å²) >= 11 is 0. The van der Waals surface area contributed by atoms with E-state index in [1.165, 1.54) is 52.8 Å². The number of benzene rings is 2. The van der Waals surface area contributed by atoms with E-state index >= 15 is 0 Å². The number of carbonyl (C=O) groups is 2. The summed E-state index contributed by atoms with van der Waals surface area (Å²) in [7, 11) is -3.66. The molecule has 0 aromatic heterocycles. The van der Waals surface area contributed by atoms with E-state index in [1.807, 2.05) is 0 Å². The fraction of sp³-hybridized carbons (Fsp3) is 0.300. The number of amides is 1. The molecule has 2 aromatic rings. The number of nitrogens with one attached hydrogen (secondary N) is 1. The summed E-state index contributed by atoms with van der Waals surface area (Å²) in [5.74, 6) is -1.85. The van der Waals surface area contributed by atoms with Crippen LogP contribution in [0.3, 0.4) is 0 Å². The highest BCUT2D eigenvalue weighted by Crippen LogP contribution is 2.25. The van der Waals surface area contributed by atoms with E-state index in [0.29, 0.717) is 13.1 Å². The van der Waals surface area contributed by atoms with E-state index in [4.69, 9.17) is 4.74 Å². The highest BCUT2D eigenvalue weighted by atomic mass is 32.2. The number of halogens is 2. The number of sulfonamides is 1. The topological polar surface area (TPSA) is 102 Å². The quantitative estimate of drug-likeness (QED) is 0.551. The molecule has 168 valence electrons. The van der Waals surface area contributed by atoms with Crippen molar-refractivity contribution in [1.82, 2.24) is 4.31 Å². The van der Waals surface area contributed by atoms with Crippen LogP contribution in [0, 0.1) is 0 Å². The Kier molecular flexibility index (Phi) is 8.46. The average molecular weight is 456 g/mol. The SMILES string of the molecule is CCN(CC)S(=O)(=O)c1ccc(C(=O)OCC(=O)Nc2ccccc2OC(F)F)cc1. The van der Waals surface area contributed by atoms with Gasteiger partial charge in [0.15, 0.2) is 6.61 Å². The van der Waals surface area contributed by atoms with Crippen LogP contribution >= 0.6 is 0 Å². The van der Waals surface area contributed by atoms with Gasteiger partial charge in [0.25, 0.3) is 5.91 Å². The van der Waals surface area contributed by atoms with Crippen LogP contribution in [0.2, 0.25) is 0 Å².